The Morgan fingerprint density at radius 1 is 0.926 bits per heavy atom. The van der Waals surface area contributed by atoms with Crippen molar-refractivity contribution in [1.82, 2.24) is 15.2 Å². The normalized spacial score (nSPS) is 10.2. The van der Waals surface area contributed by atoms with E-state index in [-0.39, 0.29) is 0 Å². The van der Waals surface area contributed by atoms with Crippen molar-refractivity contribution in [2.45, 2.75) is 6.92 Å². The van der Waals surface area contributed by atoms with Gasteiger partial charge in [0.05, 0.1) is 32.7 Å². The second-order valence-corrected chi connectivity index (χ2v) is 5.41. The van der Waals surface area contributed by atoms with Gasteiger partial charge in [0.2, 0.25) is 5.95 Å². The van der Waals surface area contributed by atoms with E-state index in [1.807, 2.05) is 49.4 Å². The lowest BCUT2D eigenvalue weighted by molar-refractivity contribution is 0.342. The van der Waals surface area contributed by atoms with Gasteiger partial charge in [-0.3, -0.25) is 0 Å². The number of nitrogens with zero attached hydrogens (tertiary/aromatic N) is 3. The molecule has 0 unspecified atom stereocenters. The van der Waals surface area contributed by atoms with E-state index in [0.29, 0.717) is 29.9 Å². The molecule has 0 saturated carbocycles. The number of nitrogens with one attached hydrogen (secondary N) is 2. The van der Waals surface area contributed by atoms with Crippen molar-refractivity contribution in [2.75, 3.05) is 31.5 Å². The third-order valence-electron chi connectivity index (χ3n) is 3.65. The van der Waals surface area contributed by atoms with E-state index < -0.39 is 0 Å². The first kappa shape index (κ1) is 18.2. The fourth-order valence-electron chi connectivity index (χ4n) is 2.45. The third kappa shape index (κ3) is 4.55. The van der Waals surface area contributed by atoms with Gasteiger partial charge < -0.3 is 24.8 Å². The number of methoxy groups -OCH3 is 2. The minimum Gasteiger partial charge on any atom is -0.493 e. The Morgan fingerprint density at radius 2 is 1.74 bits per heavy atom. The van der Waals surface area contributed by atoms with Gasteiger partial charge in [-0.2, -0.15) is 10.1 Å². The summed E-state index contributed by atoms with van der Waals surface area (Å²) in [5.41, 5.74) is 1.55. The molecule has 0 fully saturated rings. The molecule has 0 atom stereocenters. The van der Waals surface area contributed by atoms with E-state index in [0.717, 1.165) is 17.1 Å². The van der Waals surface area contributed by atoms with E-state index in [2.05, 4.69) is 25.8 Å². The zero-order chi connectivity index (χ0) is 19.1. The SMILES string of the molecule is CCOc1ccccc1Nc1nncc(Nc2ccc(OC)c(OC)c2)n1. The molecule has 0 spiro atoms. The fourth-order valence-corrected chi connectivity index (χ4v) is 2.45. The Bertz CT molecular complexity index is 904. The van der Waals surface area contributed by atoms with Crippen LogP contribution in [0, 0.1) is 0 Å². The van der Waals surface area contributed by atoms with Crippen molar-refractivity contribution in [1.29, 1.82) is 0 Å². The number of ether oxygens (including phenoxy) is 3. The molecule has 0 bridgehead atoms. The molecule has 1 aromatic heterocycles. The van der Waals surface area contributed by atoms with Crippen LogP contribution in [0.5, 0.6) is 17.2 Å². The van der Waals surface area contributed by atoms with Crippen LogP contribution in [0.15, 0.2) is 48.7 Å². The van der Waals surface area contributed by atoms with Crippen LogP contribution in [-0.2, 0) is 0 Å². The summed E-state index contributed by atoms with van der Waals surface area (Å²) in [5.74, 6) is 2.88. The van der Waals surface area contributed by atoms with Crippen LogP contribution in [0.1, 0.15) is 6.92 Å². The molecule has 0 saturated heterocycles. The Hall–Kier alpha value is -3.55. The van der Waals surface area contributed by atoms with E-state index in [4.69, 9.17) is 14.2 Å². The number of para-hydroxylation sites is 2. The molecule has 27 heavy (non-hydrogen) atoms. The van der Waals surface area contributed by atoms with Crippen LogP contribution >= 0.6 is 0 Å². The summed E-state index contributed by atoms with van der Waals surface area (Å²) in [5, 5.41) is 14.3. The number of hydrogen-bond acceptors (Lipinski definition) is 8. The van der Waals surface area contributed by atoms with E-state index in [1.54, 1.807) is 14.2 Å². The molecule has 0 aliphatic carbocycles. The molecule has 0 aliphatic heterocycles. The van der Waals surface area contributed by atoms with Gasteiger partial charge in [0.25, 0.3) is 0 Å². The number of aromatic nitrogens is 3. The van der Waals surface area contributed by atoms with Gasteiger partial charge in [-0.1, -0.05) is 12.1 Å². The zero-order valence-electron chi connectivity index (χ0n) is 15.4. The van der Waals surface area contributed by atoms with Crippen LogP contribution in [0.2, 0.25) is 0 Å². The fraction of sp³-hybridized carbons (Fsp3) is 0.211. The van der Waals surface area contributed by atoms with Gasteiger partial charge in [-0.25, -0.2) is 0 Å². The van der Waals surface area contributed by atoms with Crippen molar-refractivity contribution in [3.05, 3.63) is 48.7 Å². The summed E-state index contributed by atoms with van der Waals surface area (Å²) in [4.78, 5) is 4.44. The van der Waals surface area contributed by atoms with Crippen LogP contribution < -0.4 is 24.8 Å². The van der Waals surface area contributed by atoms with Crippen LogP contribution in [0.3, 0.4) is 0 Å². The predicted molar refractivity (Wildman–Crippen MR) is 104 cm³/mol. The lowest BCUT2D eigenvalue weighted by atomic mass is 10.2. The van der Waals surface area contributed by atoms with Gasteiger partial charge in [0.1, 0.15) is 5.75 Å². The van der Waals surface area contributed by atoms with Gasteiger partial charge in [-0.15, -0.1) is 5.10 Å². The highest BCUT2D eigenvalue weighted by Crippen LogP contribution is 2.31. The van der Waals surface area contributed by atoms with Crippen LogP contribution in [0.25, 0.3) is 0 Å². The molecular weight excluding hydrogens is 346 g/mol. The standard InChI is InChI=1S/C19H21N5O3/c1-4-27-15-8-6-5-7-14(15)22-19-23-18(12-20-24-19)21-13-9-10-16(25-2)17(11-13)26-3/h5-12H,4H2,1-3H3,(H2,21,22,23,24). The molecule has 0 radical (unpaired) electrons. The monoisotopic (exact) mass is 367 g/mol. The predicted octanol–water partition coefficient (Wildman–Crippen LogP) is 3.77. The molecule has 2 N–H and O–H groups in total. The first-order valence-electron chi connectivity index (χ1n) is 8.41. The molecule has 140 valence electrons. The maximum Gasteiger partial charge on any atom is 0.249 e. The Kier molecular flexibility index (Phi) is 5.88. The highest BCUT2D eigenvalue weighted by molar-refractivity contribution is 5.64. The summed E-state index contributed by atoms with van der Waals surface area (Å²) >= 11 is 0. The molecule has 3 rings (SSSR count). The molecule has 8 heteroatoms. The first-order chi connectivity index (χ1) is 13.2. The topological polar surface area (TPSA) is 90.4 Å². The summed E-state index contributed by atoms with van der Waals surface area (Å²) in [6, 6.07) is 13.1. The maximum absolute atomic E-state index is 5.60. The Morgan fingerprint density at radius 3 is 2.52 bits per heavy atom. The molecule has 1 heterocycles. The second-order valence-electron chi connectivity index (χ2n) is 5.41. The lowest BCUT2D eigenvalue weighted by Gasteiger charge is -2.12. The molecule has 2 aromatic carbocycles. The average molecular weight is 367 g/mol. The van der Waals surface area contributed by atoms with E-state index in [9.17, 15) is 0 Å². The largest absolute Gasteiger partial charge is 0.493 e. The second kappa shape index (κ2) is 8.70. The van der Waals surface area contributed by atoms with Crippen molar-refractivity contribution in [3.63, 3.8) is 0 Å². The van der Waals surface area contributed by atoms with Gasteiger partial charge >= 0.3 is 0 Å². The number of rotatable bonds is 8. The smallest absolute Gasteiger partial charge is 0.249 e. The van der Waals surface area contributed by atoms with Crippen molar-refractivity contribution in [2.24, 2.45) is 0 Å². The highest BCUT2D eigenvalue weighted by Gasteiger charge is 2.08. The third-order valence-corrected chi connectivity index (χ3v) is 3.65. The molecule has 0 aliphatic rings. The number of hydrogen-bond donors (Lipinski definition) is 2. The zero-order valence-corrected chi connectivity index (χ0v) is 15.4. The average Bonchev–Trinajstić information content (AvgIpc) is 2.70. The van der Waals surface area contributed by atoms with E-state index >= 15 is 0 Å². The first-order valence-corrected chi connectivity index (χ1v) is 8.41. The van der Waals surface area contributed by atoms with E-state index in [1.165, 1.54) is 6.20 Å². The van der Waals surface area contributed by atoms with Crippen molar-refractivity contribution in [3.8, 4) is 17.2 Å². The lowest BCUT2D eigenvalue weighted by Crippen LogP contribution is -2.04. The van der Waals surface area contributed by atoms with Gasteiger partial charge in [0.15, 0.2) is 17.3 Å². The van der Waals surface area contributed by atoms with Crippen molar-refractivity contribution < 1.29 is 14.2 Å². The highest BCUT2D eigenvalue weighted by atomic mass is 16.5. The minimum atomic E-state index is 0.354. The number of benzene rings is 2. The van der Waals surface area contributed by atoms with Crippen molar-refractivity contribution >= 4 is 23.1 Å². The Balaban J connectivity index is 1.78. The quantitative estimate of drug-likeness (QED) is 0.622. The van der Waals surface area contributed by atoms with Gasteiger partial charge in [0, 0.05) is 11.8 Å². The molecular formula is C19H21N5O3. The molecule has 3 aromatic rings. The number of anilines is 4. The summed E-state index contributed by atoms with van der Waals surface area (Å²) in [6.45, 7) is 2.50. The summed E-state index contributed by atoms with van der Waals surface area (Å²) in [6.07, 6.45) is 1.54. The molecule has 8 nitrogen and oxygen atoms in total. The Labute approximate surface area is 157 Å². The maximum atomic E-state index is 5.60. The summed E-state index contributed by atoms with van der Waals surface area (Å²) < 4.78 is 16.2. The van der Waals surface area contributed by atoms with Crippen LogP contribution in [-0.4, -0.2) is 36.0 Å². The minimum absolute atomic E-state index is 0.354. The summed E-state index contributed by atoms with van der Waals surface area (Å²) in [7, 11) is 3.18. The molecule has 0 amide bonds. The van der Waals surface area contributed by atoms with Crippen LogP contribution in [0.4, 0.5) is 23.1 Å². The van der Waals surface area contributed by atoms with Gasteiger partial charge in [-0.05, 0) is 31.2 Å².